The van der Waals surface area contributed by atoms with Gasteiger partial charge in [-0.05, 0) is 37.3 Å². The lowest BCUT2D eigenvalue weighted by Crippen LogP contribution is -2.28. The molecular weight excluding hydrogens is 228 g/mol. The highest BCUT2D eigenvalue weighted by molar-refractivity contribution is 5.80. The van der Waals surface area contributed by atoms with E-state index in [0.29, 0.717) is 12.3 Å². The van der Waals surface area contributed by atoms with E-state index in [9.17, 15) is 9.90 Å². The molecule has 0 aliphatic rings. The molecule has 0 spiro atoms. The van der Waals surface area contributed by atoms with Gasteiger partial charge < -0.3 is 10.2 Å². The Morgan fingerprint density at radius 2 is 1.72 bits per heavy atom. The summed E-state index contributed by atoms with van der Waals surface area (Å²) in [5.74, 6) is -0.423. The minimum atomic E-state index is -0.901. The lowest BCUT2D eigenvalue weighted by atomic mass is 9.84. The maximum atomic E-state index is 11.1. The summed E-state index contributed by atoms with van der Waals surface area (Å²) in [4.78, 5) is 11.1. The Labute approximate surface area is 108 Å². The van der Waals surface area contributed by atoms with Crippen molar-refractivity contribution in [2.75, 3.05) is 0 Å². The van der Waals surface area contributed by atoms with E-state index in [1.807, 2.05) is 12.1 Å². The molecule has 0 aliphatic heterocycles. The van der Waals surface area contributed by atoms with Crippen LogP contribution in [0.3, 0.4) is 0 Å². The van der Waals surface area contributed by atoms with E-state index in [2.05, 4.69) is 13.8 Å². The molecule has 3 heteroatoms. The number of carbonyl (C=O) groups is 1. The molecule has 0 aliphatic carbocycles. The molecule has 0 amide bonds. The van der Waals surface area contributed by atoms with Crippen LogP contribution in [0.15, 0.2) is 24.3 Å². The highest BCUT2D eigenvalue weighted by Gasteiger charge is 2.29. The fourth-order valence-electron chi connectivity index (χ4n) is 1.83. The summed E-state index contributed by atoms with van der Waals surface area (Å²) in [5.41, 5.74) is 0.686. The molecule has 3 nitrogen and oxygen atoms in total. The third kappa shape index (κ3) is 3.33. The second-order valence-electron chi connectivity index (χ2n) is 5.70. The van der Waals surface area contributed by atoms with E-state index in [-0.39, 0.29) is 0 Å². The van der Waals surface area contributed by atoms with Crippen molar-refractivity contribution in [1.82, 2.24) is 0 Å². The van der Waals surface area contributed by atoms with Gasteiger partial charge in [-0.2, -0.15) is 0 Å². The quantitative estimate of drug-likeness (QED) is 0.844. The first-order valence-electron chi connectivity index (χ1n) is 6.27. The van der Waals surface area contributed by atoms with Gasteiger partial charge in [0.15, 0.2) is 0 Å². The first-order chi connectivity index (χ1) is 8.25. The van der Waals surface area contributed by atoms with Crippen molar-refractivity contribution >= 4 is 5.97 Å². The zero-order valence-corrected chi connectivity index (χ0v) is 11.5. The molecule has 1 atom stereocenters. The van der Waals surface area contributed by atoms with Crippen LogP contribution in [-0.2, 0) is 10.2 Å². The molecule has 100 valence electrons. The van der Waals surface area contributed by atoms with Crippen LogP contribution < -0.4 is 0 Å². The molecule has 0 saturated carbocycles. The van der Waals surface area contributed by atoms with Crippen LogP contribution >= 0.6 is 0 Å². The first-order valence-corrected chi connectivity index (χ1v) is 6.27. The standard InChI is InChI=1S/C15H22O3/c1-10(2)9-13(16)11-5-7-12(8-6-11)15(3,4)14(17)18/h5-8,10,13,16H,9H2,1-4H3,(H,17,18). The van der Waals surface area contributed by atoms with Gasteiger partial charge in [0, 0.05) is 0 Å². The minimum Gasteiger partial charge on any atom is -0.481 e. The number of benzene rings is 1. The molecule has 0 fully saturated rings. The summed E-state index contributed by atoms with van der Waals surface area (Å²) in [7, 11) is 0. The summed E-state index contributed by atoms with van der Waals surface area (Å²) < 4.78 is 0. The average molecular weight is 250 g/mol. The van der Waals surface area contributed by atoms with Gasteiger partial charge in [-0.25, -0.2) is 0 Å². The minimum absolute atomic E-state index is 0.426. The van der Waals surface area contributed by atoms with Gasteiger partial charge in [0.2, 0.25) is 0 Å². The predicted molar refractivity (Wildman–Crippen MR) is 71.5 cm³/mol. The van der Waals surface area contributed by atoms with Crippen LogP contribution in [0, 0.1) is 5.92 Å². The number of carboxylic acid groups (broad SMARTS) is 1. The van der Waals surface area contributed by atoms with Crippen molar-refractivity contribution in [3.8, 4) is 0 Å². The van der Waals surface area contributed by atoms with Crippen molar-refractivity contribution in [2.24, 2.45) is 5.92 Å². The smallest absolute Gasteiger partial charge is 0.313 e. The number of rotatable bonds is 5. The molecule has 1 aromatic carbocycles. The third-order valence-electron chi connectivity index (χ3n) is 3.25. The van der Waals surface area contributed by atoms with Gasteiger partial charge in [0.05, 0.1) is 11.5 Å². The summed E-state index contributed by atoms with van der Waals surface area (Å²) in [6.45, 7) is 7.47. The highest BCUT2D eigenvalue weighted by Crippen LogP contribution is 2.26. The third-order valence-corrected chi connectivity index (χ3v) is 3.25. The topological polar surface area (TPSA) is 57.5 Å². The van der Waals surface area contributed by atoms with E-state index in [0.717, 1.165) is 11.1 Å². The number of hydrogen-bond acceptors (Lipinski definition) is 2. The summed E-state index contributed by atoms with van der Waals surface area (Å²) in [6, 6.07) is 7.19. The SMILES string of the molecule is CC(C)CC(O)c1ccc(C(C)(C)C(=O)O)cc1. The van der Waals surface area contributed by atoms with E-state index >= 15 is 0 Å². The number of aliphatic carboxylic acids is 1. The number of aliphatic hydroxyl groups excluding tert-OH is 1. The lowest BCUT2D eigenvalue weighted by Gasteiger charge is -2.21. The molecule has 0 saturated heterocycles. The van der Waals surface area contributed by atoms with E-state index in [1.165, 1.54) is 0 Å². The first kappa shape index (κ1) is 14.7. The molecule has 0 heterocycles. The largest absolute Gasteiger partial charge is 0.481 e. The Bertz CT molecular complexity index is 404. The number of carboxylic acids is 1. The Kier molecular flexibility index (Phi) is 4.52. The lowest BCUT2D eigenvalue weighted by molar-refractivity contribution is -0.142. The van der Waals surface area contributed by atoms with Crippen molar-refractivity contribution in [1.29, 1.82) is 0 Å². The van der Waals surface area contributed by atoms with Crippen molar-refractivity contribution in [2.45, 2.75) is 45.6 Å². The van der Waals surface area contributed by atoms with Gasteiger partial charge in [-0.15, -0.1) is 0 Å². The normalized spacial score (nSPS) is 13.7. The zero-order valence-electron chi connectivity index (χ0n) is 11.5. The highest BCUT2D eigenvalue weighted by atomic mass is 16.4. The van der Waals surface area contributed by atoms with Crippen LogP contribution in [0.5, 0.6) is 0 Å². The predicted octanol–water partition coefficient (Wildman–Crippen LogP) is 3.13. The molecule has 0 aromatic heterocycles. The summed E-state index contributed by atoms with van der Waals surface area (Å²) >= 11 is 0. The van der Waals surface area contributed by atoms with Crippen molar-refractivity contribution in [3.05, 3.63) is 35.4 Å². The average Bonchev–Trinajstić information content (AvgIpc) is 2.28. The molecule has 1 unspecified atom stereocenters. The maximum absolute atomic E-state index is 11.1. The van der Waals surface area contributed by atoms with Crippen molar-refractivity contribution < 1.29 is 15.0 Å². The van der Waals surface area contributed by atoms with Gasteiger partial charge >= 0.3 is 5.97 Å². The fourth-order valence-corrected chi connectivity index (χ4v) is 1.83. The van der Waals surface area contributed by atoms with Gasteiger partial charge in [-0.3, -0.25) is 4.79 Å². The fraction of sp³-hybridized carbons (Fsp3) is 0.533. The van der Waals surface area contributed by atoms with Gasteiger partial charge in [-0.1, -0.05) is 38.1 Å². The van der Waals surface area contributed by atoms with E-state index in [1.54, 1.807) is 26.0 Å². The molecule has 18 heavy (non-hydrogen) atoms. The molecule has 2 N–H and O–H groups in total. The Balaban J connectivity index is 2.90. The van der Waals surface area contributed by atoms with Crippen LogP contribution in [0.25, 0.3) is 0 Å². The number of aliphatic hydroxyl groups is 1. The van der Waals surface area contributed by atoms with Crippen LogP contribution in [0.2, 0.25) is 0 Å². The second kappa shape index (κ2) is 5.53. The zero-order chi connectivity index (χ0) is 13.9. The number of hydrogen-bond donors (Lipinski definition) is 2. The molecule has 1 rings (SSSR count). The molecule has 1 aromatic rings. The molecular formula is C15H22O3. The van der Waals surface area contributed by atoms with Crippen LogP contribution in [0.1, 0.15) is 51.3 Å². The summed E-state index contributed by atoms with van der Waals surface area (Å²) in [6.07, 6.45) is 0.230. The molecule has 0 radical (unpaired) electrons. The second-order valence-corrected chi connectivity index (χ2v) is 5.70. The van der Waals surface area contributed by atoms with Gasteiger partial charge in [0.1, 0.15) is 0 Å². The van der Waals surface area contributed by atoms with E-state index in [4.69, 9.17) is 5.11 Å². The Morgan fingerprint density at radius 3 is 2.11 bits per heavy atom. The van der Waals surface area contributed by atoms with Gasteiger partial charge in [0.25, 0.3) is 0 Å². The maximum Gasteiger partial charge on any atom is 0.313 e. The van der Waals surface area contributed by atoms with E-state index < -0.39 is 17.5 Å². The molecule has 0 bridgehead atoms. The Hall–Kier alpha value is -1.35. The monoisotopic (exact) mass is 250 g/mol. The van der Waals surface area contributed by atoms with Crippen LogP contribution in [-0.4, -0.2) is 16.2 Å². The summed E-state index contributed by atoms with van der Waals surface area (Å²) in [5, 5.41) is 19.1. The van der Waals surface area contributed by atoms with Crippen LogP contribution in [0.4, 0.5) is 0 Å². The Morgan fingerprint density at radius 1 is 1.22 bits per heavy atom. The van der Waals surface area contributed by atoms with Crippen molar-refractivity contribution in [3.63, 3.8) is 0 Å².